The number of nitrogens with one attached hydrogen (secondary N) is 1. The highest BCUT2D eigenvalue weighted by atomic mass is 35.5. The van der Waals surface area contributed by atoms with Gasteiger partial charge in [0.2, 0.25) is 0 Å². The van der Waals surface area contributed by atoms with E-state index >= 15 is 0 Å². The van der Waals surface area contributed by atoms with Crippen LogP contribution in [-0.2, 0) is 11.3 Å². The van der Waals surface area contributed by atoms with Gasteiger partial charge in [-0.1, -0.05) is 53.7 Å². The van der Waals surface area contributed by atoms with E-state index in [-0.39, 0.29) is 17.4 Å². The zero-order valence-corrected chi connectivity index (χ0v) is 18.9. The lowest BCUT2D eigenvalue weighted by Crippen LogP contribution is -2.21. The molecule has 0 fully saturated rings. The van der Waals surface area contributed by atoms with Crippen LogP contribution < -0.4 is 5.43 Å². The molecular formula is C24H21ClN4O2S. The van der Waals surface area contributed by atoms with Gasteiger partial charge in [-0.25, -0.2) is 10.4 Å². The van der Waals surface area contributed by atoms with E-state index in [1.54, 1.807) is 31.2 Å². The Morgan fingerprint density at radius 3 is 2.59 bits per heavy atom. The van der Waals surface area contributed by atoms with Crippen LogP contribution in [0.15, 0.2) is 83.1 Å². The molecule has 2 N–H and O–H groups in total. The highest BCUT2D eigenvalue weighted by Gasteiger charge is 2.14. The van der Waals surface area contributed by atoms with E-state index in [2.05, 4.69) is 15.1 Å². The predicted octanol–water partition coefficient (Wildman–Crippen LogP) is 5.08. The van der Waals surface area contributed by atoms with Crippen LogP contribution >= 0.6 is 23.4 Å². The number of hydrogen-bond acceptors (Lipinski definition) is 5. The van der Waals surface area contributed by atoms with E-state index in [1.807, 2.05) is 48.5 Å². The SMILES string of the molecule is C/C(=N/NC(=O)CSc1nc2ccccc2n1Cc1ccccc1Cl)c1ccc(O)cc1. The molecule has 3 aromatic carbocycles. The molecule has 4 aromatic rings. The molecule has 162 valence electrons. The number of carbonyl (C=O) groups excluding carboxylic acids is 1. The van der Waals surface area contributed by atoms with Crippen LogP contribution in [0.3, 0.4) is 0 Å². The van der Waals surface area contributed by atoms with Gasteiger partial charge in [0.15, 0.2) is 5.16 Å². The summed E-state index contributed by atoms with van der Waals surface area (Å²) in [5.74, 6) is 0.115. The zero-order chi connectivity index (χ0) is 22.5. The Morgan fingerprint density at radius 1 is 1.09 bits per heavy atom. The summed E-state index contributed by atoms with van der Waals surface area (Å²) in [7, 11) is 0. The molecule has 0 saturated heterocycles. The van der Waals surface area contributed by atoms with Crippen molar-refractivity contribution in [2.45, 2.75) is 18.6 Å². The highest BCUT2D eigenvalue weighted by molar-refractivity contribution is 7.99. The molecule has 0 aliphatic heterocycles. The number of hydrogen-bond donors (Lipinski definition) is 2. The lowest BCUT2D eigenvalue weighted by atomic mass is 10.1. The highest BCUT2D eigenvalue weighted by Crippen LogP contribution is 2.27. The first-order valence-electron chi connectivity index (χ1n) is 9.95. The van der Waals surface area contributed by atoms with Crippen molar-refractivity contribution in [3.8, 4) is 5.75 Å². The molecular weight excluding hydrogens is 444 g/mol. The molecule has 0 atom stereocenters. The minimum atomic E-state index is -0.232. The van der Waals surface area contributed by atoms with E-state index in [1.165, 1.54) is 11.8 Å². The molecule has 1 aromatic heterocycles. The second-order valence-electron chi connectivity index (χ2n) is 7.13. The molecule has 32 heavy (non-hydrogen) atoms. The predicted molar refractivity (Wildman–Crippen MR) is 129 cm³/mol. The topological polar surface area (TPSA) is 79.5 Å². The Kier molecular flexibility index (Phi) is 6.78. The molecule has 0 unspecified atom stereocenters. The number of phenols is 1. The van der Waals surface area contributed by atoms with Crippen molar-refractivity contribution in [2.24, 2.45) is 5.10 Å². The number of thioether (sulfide) groups is 1. The maximum Gasteiger partial charge on any atom is 0.250 e. The first kappa shape index (κ1) is 21.9. The number of phenolic OH excluding ortho intramolecular Hbond substituents is 1. The summed E-state index contributed by atoms with van der Waals surface area (Å²) in [6, 6.07) is 22.2. The molecule has 0 radical (unpaired) electrons. The van der Waals surface area contributed by atoms with E-state index in [0.29, 0.717) is 17.3 Å². The van der Waals surface area contributed by atoms with Crippen molar-refractivity contribution in [2.75, 3.05) is 5.75 Å². The van der Waals surface area contributed by atoms with Gasteiger partial charge in [-0.05, 0) is 60.5 Å². The largest absolute Gasteiger partial charge is 0.508 e. The standard InChI is InChI=1S/C24H21ClN4O2S/c1-16(17-10-12-19(30)13-11-17)27-28-23(31)15-32-24-26-21-8-4-5-9-22(21)29(24)14-18-6-2-3-7-20(18)25/h2-13,30H,14-15H2,1H3,(H,28,31)/b27-16-. The third-order valence-corrected chi connectivity index (χ3v) is 6.22. The molecule has 4 rings (SSSR count). The summed E-state index contributed by atoms with van der Waals surface area (Å²) in [4.78, 5) is 17.1. The van der Waals surface area contributed by atoms with Crippen LogP contribution in [0.2, 0.25) is 5.02 Å². The van der Waals surface area contributed by atoms with Gasteiger partial charge in [-0.2, -0.15) is 5.10 Å². The van der Waals surface area contributed by atoms with Crippen molar-refractivity contribution >= 4 is 46.0 Å². The average Bonchev–Trinajstić information content (AvgIpc) is 3.15. The van der Waals surface area contributed by atoms with Crippen LogP contribution in [0.5, 0.6) is 5.75 Å². The van der Waals surface area contributed by atoms with E-state index < -0.39 is 0 Å². The number of aromatic nitrogens is 2. The third-order valence-electron chi connectivity index (χ3n) is 4.87. The Hall–Kier alpha value is -3.29. The molecule has 1 amide bonds. The second kappa shape index (κ2) is 9.89. The Bertz CT molecular complexity index is 1280. The number of hydrazone groups is 1. The van der Waals surface area contributed by atoms with E-state index in [9.17, 15) is 9.90 Å². The second-order valence-corrected chi connectivity index (χ2v) is 8.48. The summed E-state index contributed by atoms with van der Waals surface area (Å²) in [6.07, 6.45) is 0. The van der Waals surface area contributed by atoms with Gasteiger partial charge in [-0.15, -0.1) is 0 Å². The maximum atomic E-state index is 12.4. The quantitative estimate of drug-likeness (QED) is 0.227. The van der Waals surface area contributed by atoms with Gasteiger partial charge in [-0.3, -0.25) is 4.79 Å². The van der Waals surface area contributed by atoms with Crippen molar-refractivity contribution < 1.29 is 9.90 Å². The van der Waals surface area contributed by atoms with Crippen molar-refractivity contribution in [1.82, 2.24) is 15.0 Å². The van der Waals surface area contributed by atoms with Crippen LogP contribution in [-0.4, -0.2) is 32.0 Å². The Labute approximate surface area is 194 Å². The molecule has 8 heteroatoms. The number of para-hydroxylation sites is 2. The molecule has 0 bridgehead atoms. The van der Waals surface area contributed by atoms with Crippen molar-refractivity contribution in [3.05, 3.63) is 88.9 Å². The molecule has 0 saturated carbocycles. The van der Waals surface area contributed by atoms with Gasteiger partial charge in [0.25, 0.3) is 5.91 Å². The van der Waals surface area contributed by atoms with E-state index in [4.69, 9.17) is 16.6 Å². The van der Waals surface area contributed by atoms with Crippen molar-refractivity contribution in [3.63, 3.8) is 0 Å². The number of carbonyl (C=O) groups is 1. The van der Waals surface area contributed by atoms with Crippen LogP contribution in [0.4, 0.5) is 0 Å². The van der Waals surface area contributed by atoms with Crippen LogP contribution in [0.25, 0.3) is 11.0 Å². The molecule has 0 spiro atoms. The van der Waals surface area contributed by atoms with Crippen molar-refractivity contribution in [1.29, 1.82) is 0 Å². The fraction of sp³-hybridized carbons (Fsp3) is 0.125. The fourth-order valence-electron chi connectivity index (χ4n) is 3.19. The molecule has 0 aliphatic carbocycles. The lowest BCUT2D eigenvalue weighted by molar-refractivity contribution is -0.118. The number of amides is 1. The average molecular weight is 465 g/mol. The monoisotopic (exact) mass is 464 g/mol. The van der Waals surface area contributed by atoms with Gasteiger partial charge in [0.1, 0.15) is 5.75 Å². The number of benzene rings is 3. The first-order chi connectivity index (χ1) is 15.5. The minimum absolute atomic E-state index is 0.165. The Morgan fingerprint density at radius 2 is 1.81 bits per heavy atom. The third kappa shape index (κ3) is 5.12. The summed E-state index contributed by atoms with van der Waals surface area (Å²) in [6.45, 7) is 2.35. The Balaban J connectivity index is 1.48. The summed E-state index contributed by atoms with van der Waals surface area (Å²) < 4.78 is 2.07. The lowest BCUT2D eigenvalue weighted by Gasteiger charge is -2.10. The summed E-state index contributed by atoms with van der Waals surface area (Å²) >= 11 is 7.72. The number of aromatic hydroxyl groups is 1. The number of imidazole rings is 1. The molecule has 0 aliphatic rings. The molecule has 1 heterocycles. The van der Waals surface area contributed by atoms with Crippen LogP contribution in [0, 0.1) is 0 Å². The number of rotatable bonds is 7. The fourth-order valence-corrected chi connectivity index (χ4v) is 4.19. The van der Waals surface area contributed by atoms with Gasteiger partial charge >= 0.3 is 0 Å². The zero-order valence-electron chi connectivity index (χ0n) is 17.3. The summed E-state index contributed by atoms with van der Waals surface area (Å²) in [5, 5.41) is 15.0. The smallest absolute Gasteiger partial charge is 0.250 e. The summed E-state index contributed by atoms with van der Waals surface area (Å²) in [5.41, 5.74) is 6.88. The number of nitrogens with zero attached hydrogens (tertiary/aromatic N) is 3. The van der Waals surface area contributed by atoms with Gasteiger partial charge in [0.05, 0.1) is 29.0 Å². The normalized spacial score (nSPS) is 11.6. The van der Waals surface area contributed by atoms with Gasteiger partial charge < -0.3 is 9.67 Å². The van der Waals surface area contributed by atoms with Gasteiger partial charge in [0, 0.05) is 5.02 Å². The number of halogens is 1. The minimum Gasteiger partial charge on any atom is -0.508 e. The van der Waals surface area contributed by atoms with E-state index in [0.717, 1.165) is 27.3 Å². The first-order valence-corrected chi connectivity index (χ1v) is 11.3. The number of fused-ring (bicyclic) bond motifs is 1. The van der Waals surface area contributed by atoms with Crippen LogP contribution in [0.1, 0.15) is 18.1 Å². The molecule has 6 nitrogen and oxygen atoms in total. The maximum absolute atomic E-state index is 12.4.